The van der Waals surface area contributed by atoms with Crippen molar-refractivity contribution < 1.29 is 19.0 Å². The predicted octanol–water partition coefficient (Wildman–Crippen LogP) is 0.876. The largest absolute Gasteiger partial charge is 0.493 e. The fourth-order valence-corrected chi connectivity index (χ4v) is 2.25. The van der Waals surface area contributed by atoms with E-state index in [9.17, 15) is 4.79 Å². The molecule has 0 unspecified atom stereocenters. The van der Waals surface area contributed by atoms with E-state index in [1.165, 1.54) is 0 Å². The van der Waals surface area contributed by atoms with E-state index in [1.807, 2.05) is 6.07 Å². The van der Waals surface area contributed by atoms with Crippen molar-refractivity contribution in [1.29, 1.82) is 0 Å². The second-order valence-corrected chi connectivity index (χ2v) is 5.11. The summed E-state index contributed by atoms with van der Waals surface area (Å²) in [5.74, 6) is 1.17. The third-order valence-electron chi connectivity index (χ3n) is 3.57. The number of morpholine rings is 1. The number of ether oxygens (including phenoxy) is 3. The Morgan fingerprint density at radius 1 is 1.30 bits per heavy atom. The average Bonchev–Trinajstić information content (AvgIpc) is 2.60. The topological polar surface area (TPSA) is 72.4 Å². The van der Waals surface area contributed by atoms with Gasteiger partial charge in [0.1, 0.15) is 0 Å². The minimum absolute atomic E-state index is 0.104. The highest BCUT2D eigenvalue weighted by Gasteiger charge is 2.11. The zero-order valence-corrected chi connectivity index (χ0v) is 13.6. The Balaban J connectivity index is 1.77. The van der Waals surface area contributed by atoms with Gasteiger partial charge in [-0.3, -0.25) is 9.69 Å². The Hall–Kier alpha value is -2.12. The van der Waals surface area contributed by atoms with Crippen molar-refractivity contribution >= 4 is 12.1 Å². The van der Waals surface area contributed by atoms with E-state index in [4.69, 9.17) is 14.2 Å². The van der Waals surface area contributed by atoms with Gasteiger partial charge < -0.3 is 14.2 Å². The number of carbonyl (C=O) groups excluding carboxylic acids is 1. The van der Waals surface area contributed by atoms with Crippen LogP contribution in [0.4, 0.5) is 0 Å². The number of nitrogens with one attached hydrogen (secondary N) is 1. The molecule has 1 aliphatic rings. The molecule has 2 rings (SSSR count). The highest BCUT2D eigenvalue weighted by molar-refractivity contribution is 5.83. The summed E-state index contributed by atoms with van der Waals surface area (Å²) in [5.41, 5.74) is 3.35. The number of nitrogens with zero attached hydrogens (tertiary/aromatic N) is 2. The van der Waals surface area contributed by atoms with Crippen LogP contribution in [0.15, 0.2) is 23.3 Å². The fraction of sp³-hybridized carbons (Fsp3) is 0.500. The summed E-state index contributed by atoms with van der Waals surface area (Å²) >= 11 is 0. The SMILES string of the molecule is COc1ccc(/C=N/NC(=O)CCN2CCOCC2)cc1OC. The second kappa shape index (κ2) is 9.12. The van der Waals surface area contributed by atoms with Crippen LogP contribution in [0.3, 0.4) is 0 Å². The summed E-state index contributed by atoms with van der Waals surface area (Å²) < 4.78 is 15.7. The van der Waals surface area contributed by atoms with Crippen molar-refractivity contribution in [1.82, 2.24) is 10.3 Å². The van der Waals surface area contributed by atoms with Crippen LogP contribution < -0.4 is 14.9 Å². The van der Waals surface area contributed by atoms with E-state index >= 15 is 0 Å². The van der Waals surface area contributed by atoms with Gasteiger partial charge in [-0.05, 0) is 23.8 Å². The molecule has 1 aromatic rings. The molecular weight excluding hydrogens is 298 g/mol. The summed E-state index contributed by atoms with van der Waals surface area (Å²) in [7, 11) is 3.16. The molecule has 1 amide bonds. The van der Waals surface area contributed by atoms with Gasteiger partial charge >= 0.3 is 0 Å². The van der Waals surface area contributed by atoms with Gasteiger partial charge in [0.05, 0.1) is 33.6 Å². The van der Waals surface area contributed by atoms with E-state index in [-0.39, 0.29) is 5.91 Å². The van der Waals surface area contributed by atoms with Crippen molar-refractivity contribution in [2.75, 3.05) is 47.1 Å². The van der Waals surface area contributed by atoms with Gasteiger partial charge in [-0.1, -0.05) is 0 Å². The smallest absolute Gasteiger partial charge is 0.241 e. The molecule has 1 N–H and O–H groups in total. The molecule has 7 heteroatoms. The molecule has 1 aliphatic heterocycles. The van der Waals surface area contributed by atoms with Crippen LogP contribution in [0.5, 0.6) is 11.5 Å². The van der Waals surface area contributed by atoms with Crippen LogP contribution in [0, 0.1) is 0 Å². The lowest BCUT2D eigenvalue weighted by Gasteiger charge is -2.25. The fourth-order valence-electron chi connectivity index (χ4n) is 2.25. The molecule has 1 saturated heterocycles. The Labute approximate surface area is 136 Å². The minimum Gasteiger partial charge on any atom is -0.493 e. The van der Waals surface area contributed by atoms with Crippen molar-refractivity contribution in [2.45, 2.75) is 6.42 Å². The quantitative estimate of drug-likeness (QED) is 0.596. The maximum absolute atomic E-state index is 11.8. The first-order valence-corrected chi connectivity index (χ1v) is 7.57. The summed E-state index contributed by atoms with van der Waals surface area (Å²) in [6.45, 7) is 3.95. The molecule has 23 heavy (non-hydrogen) atoms. The van der Waals surface area contributed by atoms with Gasteiger partial charge in [0.15, 0.2) is 11.5 Å². The van der Waals surface area contributed by atoms with Crippen molar-refractivity contribution in [3.8, 4) is 11.5 Å². The van der Waals surface area contributed by atoms with Crippen LogP contribution in [0.25, 0.3) is 0 Å². The lowest BCUT2D eigenvalue weighted by atomic mass is 10.2. The number of methoxy groups -OCH3 is 2. The first-order valence-electron chi connectivity index (χ1n) is 7.57. The molecule has 1 aromatic carbocycles. The van der Waals surface area contributed by atoms with Gasteiger partial charge in [0.2, 0.25) is 5.91 Å². The van der Waals surface area contributed by atoms with Crippen LogP contribution >= 0.6 is 0 Å². The van der Waals surface area contributed by atoms with Gasteiger partial charge in [0, 0.05) is 26.1 Å². The highest BCUT2D eigenvalue weighted by atomic mass is 16.5. The summed E-state index contributed by atoms with van der Waals surface area (Å²) in [4.78, 5) is 14.0. The van der Waals surface area contributed by atoms with E-state index in [0.717, 1.165) is 38.4 Å². The first kappa shape index (κ1) is 17.2. The zero-order valence-electron chi connectivity index (χ0n) is 13.6. The number of rotatable bonds is 7. The molecule has 1 heterocycles. The Bertz CT molecular complexity index is 542. The van der Waals surface area contributed by atoms with E-state index in [2.05, 4.69) is 15.4 Å². The van der Waals surface area contributed by atoms with Crippen molar-refractivity contribution in [2.24, 2.45) is 5.10 Å². The third kappa shape index (κ3) is 5.54. The Kier molecular flexibility index (Phi) is 6.83. The Morgan fingerprint density at radius 2 is 2.04 bits per heavy atom. The summed E-state index contributed by atoms with van der Waals surface area (Å²) in [6, 6.07) is 5.42. The van der Waals surface area contributed by atoms with E-state index < -0.39 is 0 Å². The standard InChI is InChI=1S/C16H23N3O4/c1-21-14-4-3-13(11-15(14)22-2)12-17-18-16(20)5-6-19-7-9-23-10-8-19/h3-4,11-12H,5-10H2,1-2H3,(H,18,20)/b17-12+. The monoisotopic (exact) mass is 321 g/mol. The molecular formula is C16H23N3O4. The van der Waals surface area contributed by atoms with E-state index in [1.54, 1.807) is 32.6 Å². The summed E-state index contributed by atoms with van der Waals surface area (Å²) in [6.07, 6.45) is 2.00. The van der Waals surface area contributed by atoms with Crippen LogP contribution in [-0.2, 0) is 9.53 Å². The van der Waals surface area contributed by atoms with Gasteiger partial charge in [-0.15, -0.1) is 0 Å². The number of hydrogen-bond donors (Lipinski definition) is 1. The molecule has 0 bridgehead atoms. The molecule has 1 fully saturated rings. The second-order valence-electron chi connectivity index (χ2n) is 5.11. The molecule has 7 nitrogen and oxygen atoms in total. The highest BCUT2D eigenvalue weighted by Crippen LogP contribution is 2.26. The van der Waals surface area contributed by atoms with E-state index in [0.29, 0.717) is 17.9 Å². The third-order valence-corrected chi connectivity index (χ3v) is 3.57. The van der Waals surface area contributed by atoms with Gasteiger partial charge in [-0.2, -0.15) is 5.10 Å². The summed E-state index contributed by atoms with van der Waals surface area (Å²) in [5, 5.41) is 3.97. The maximum Gasteiger partial charge on any atom is 0.241 e. The normalized spacial score (nSPS) is 15.6. The molecule has 126 valence electrons. The molecule has 0 spiro atoms. The van der Waals surface area contributed by atoms with Crippen LogP contribution in [0.1, 0.15) is 12.0 Å². The molecule has 0 saturated carbocycles. The molecule has 0 aliphatic carbocycles. The number of hydrogen-bond acceptors (Lipinski definition) is 6. The van der Waals surface area contributed by atoms with Crippen molar-refractivity contribution in [3.05, 3.63) is 23.8 Å². The zero-order chi connectivity index (χ0) is 16.5. The predicted molar refractivity (Wildman–Crippen MR) is 87.2 cm³/mol. The molecule has 0 radical (unpaired) electrons. The number of hydrazone groups is 1. The van der Waals surface area contributed by atoms with Crippen LogP contribution in [0.2, 0.25) is 0 Å². The number of benzene rings is 1. The van der Waals surface area contributed by atoms with Gasteiger partial charge in [0.25, 0.3) is 0 Å². The van der Waals surface area contributed by atoms with Crippen LogP contribution in [-0.4, -0.2) is 64.1 Å². The maximum atomic E-state index is 11.8. The molecule has 0 aromatic heterocycles. The lowest BCUT2D eigenvalue weighted by Crippen LogP contribution is -2.38. The lowest BCUT2D eigenvalue weighted by molar-refractivity contribution is -0.121. The van der Waals surface area contributed by atoms with Gasteiger partial charge in [-0.25, -0.2) is 5.43 Å². The number of carbonyl (C=O) groups is 1. The number of amides is 1. The van der Waals surface area contributed by atoms with Crippen molar-refractivity contribution in [3.63, 3.8) is 0 Å². The first-order chi connectivity index (χ1) is 11.2. The Morgan fingerprint density at radius 3 is 2.74 bits per heavy atom. The average molecular weight is 321 g/mol. The minimum atomic E-state index is -0.104. The molecule has 0 atom stereocenters.